The molecular weight excluding hydrogens is 326 g/mol. The van der Waals surface area contributed by atoms with Gasteiger partial charge in [0.2, 0.25) is 0 Å². The standard InChI is InChI=1S/C24H28F2/c25-18-4-2-1-3-5-19-6-8-20(9-7-19)21-10-12-22(13-11-21)23-14-16-24(26)17-15-23/h4,10-20H,1-3,5-9H2/t19-,20-. The van der Waals surface area contributed by atoms with Crippen LogP contribution >= 0.6 is 0 Å². The van der Waals surface area contributed by atoms with Crippen LogP contribution in [0.1, 0.15) is 62.8 Å². The summed E-state index contributed by atoms with van der Waals surface area (Å²) in [5.41, 5.74) is 3.64. The fourth-order valence-electron chi connectivity index (χ4n) is 4.13. The third-order valence-corrected chi connectivity index (χ3v) is 5.73. The van der Waals surface area contributed by atoms with Crippen molar-refractivity contribution in [3.8, 4) is 11.1 Å². The molecule has 0 saturated heterocycles. The van der Waals surface area contributed by atoms with E-state index in [1.807, 2.05) is 12.1 Å². The molecule has 1 saturated carbocycles. The first-order chi connectivity index (χ1) is 12.8. The second-order valence-corrected chi connectivity index (χ2v) is 7.49. The average molecular weight is 354 g/mol. The Morgan fingerprint density at radius 2 is 1.42 bits per heavy atom. The minimum Gasteiger partial charge on any atom is -0.216 e. The number of hydrogen-bond donors (Lipinski definition) is 0. The quantitative estimate of drug-likeness (QED) is 0.445. The average Bonchev–Trinajstić information content (AvgIpc) is 2.69. The van der Waals surface area contributed by atoms with Crippen molar-refractivity contribution < 1.29 is 8.78 Å². The third kappa shape index (κ3) is 5.27. The first kappa shape index (κ1) is 18.8. The zero-order chi connectivity index (χ0) is 18.2. The number of allylic oxidation sites excluding steroid dienone is 1. The molecule has 0 N–H and O–H groups in total. The van der Waals surface area contributed by atoms with Crippen LogP contribution in [-0.4, -0.2) is 0 Å². The number of benzene rings is 2. The van der Waals surface area contributed by atoms with Crippen LogP contribution in [-0.2, 0) is 0 Å². The predicted molar refractivity (Wildman–Crippen MR) is 105 cm³/mol. The molecule has 1 aliphatic rings. The van der Waals surface area contributed by atoms with Gasteiger partial charge in [-0.3, -0.25) is 0 Å². The molecule has 1 aliphatic carbocycles. The zero-order valence-corrected chi connectivity index (χ0v) is 15.3. The molecule has 1 fully saturated rings. The summed E-state index contributed by atoms with van der Waals surface area (Å²) >= 11 is 0. The second-order valence-electron chi connectivity index (χ2n) is 7.49. The van der Waals surface area contributed by atoms with E-state index in [0.29, 0.717) is 12.2 Å². The van der Waals surface area contributed by atoms with Crippen molar-refractivity contribution in [2.24, 2.45) is 5.92 Å². The van der Waals surface area contributed by atoms with E-state index in [1.165, 1.54) is 56.2 Å². The van der Waals surface area contributed by atoms with Crippen LogP contribution in [0.4, 0.5) is 8.78 Å². The normalized spacial score (nSPS) is 20.5. The van der Waals surface area contributed by atoms with Crippen molar-refractivity contribution in [2.45, 2.75) is 57.3 Å². The minimum absolute atomic E-state index is 0.194. The molecule has 0 bridgehead atoms. The molecule has 2 aromatic carbocycles. The molecule has 0 aromatic heterocycles. The number of rotatable bonds is 7. The van der Waals surface area contributed by atoms with Crippen molar-refractivity contribution in [3.63, 3.8) is 0 Å². The molecule has 0 radical (unpaired) electrons. The molecule has 0 aliphatic heterocycles. The van der Waals surface area contributed by atoms with Gasteiger partial charge in [0.25, 0.3) is 0 Å². The molecule has 0 atom stereocenters. The summed E-state index contributed by atoms with van der Waals surface area (Å²) < 4.78 is 25.0. The van der Waals surface area contributed by atoms with E-state index in [1.54, 1.807) is 6.08 Å². The summed E-state index contributed by atoms with van der Waals surface area (Å²) in [5.74, 6) is 1.32. The van der Waals surface area contributed by atoms with Gasteiger partial charge in [-0.25, -0.2) is 8.78 Å². The van der Waals surface area contributed by atoms with Gasteiger partial charge in [0, 0.05) is 0 Å². The smallest absolute Gasteiger partial charge is 0.123 e. The molecule has 2 aromatic rings. The summed E-state index contributed by atoms with van der Waals surface area (Å²) in [6.45, 7) is 0. The van der Waals surface area contributed by atoms with Gasteiger partial charge in [-0.15, -0.1) is 0 Å². The van der Waals surface area contributed by atoms with Gasteiger partial charge in [0.1, 0.15) is 5.82 Å². The molecular formula is C24H28F2. The number of hydrogen-bond acceptors (Lipinski definition) is 0. The van der Waals surface area contributed by atoms with Gasteiger partial charge in [-0.2, -0.15) is 0 Å². The van der Waals surface area contributed by atoms with Crippen LogP contribution in [0.5, 0.6) is 0 Å². The Bertz CT molecular complexity index is 677. The van der Waals surface area contributed by atoms with Crippen LogP contribution in [0.25, 0.3) is 11.1 Å². The molecule has 0 nitrogen and oxygen atoms in total. The van der Waals surface area contributed by atoms with Crippen LogP contribution in [0.15, 0.2) is 60.9 Å². The minimum atomic E-state index is -0.194. The molecule has 0 heterocycles. The van der Waals surface area contributed by atoms with Crippen molar-refractivity contribution >= 4 is 0 Å². The largest absolute Gasteiger partial charge is 0.216 e. The maximum atomic E-state index is 13.1. The lowest BCUT2D eigenvalue weighted by Gasteiger charge is -2.29. The van der Waals surface area contributed by atoms with E-state index in [0.717, 1.165) is 29.9 Å². The summed E-state index contributed by atoms with van der Waals surface area (Å²) in [4.78, 5) is 0. The summed E-state index contributed by atoms with van der Waals surface area (Å²) in [6, 6.07) is 15.5. The fourth-order valence-corrected chi connectivity index (χ4v) is 4.13. The monoisotopic (exact) mass is 354 g/mol. The topological polar surface area (TPSA) is 0 Å². The van der Waals surface area contributed by atoms with Crippen molar-refractivity contribution in [2.75, 3.05) is 0 Å². The van der Waals surface area contributed by atoms with Crippen molar-refractivity contribution in [3.05, 3.63) is 72.3 Å². The lowest BCUT2D eigenvalue weighted by atomic mass is 9.77. The Morgan fingerprint density at radius 3 is 2.04 bits per heavy atom. The van der Waals surface area contributed by atoms with E-state index < -0.39 is 0 Å². The van der Waals surface area contributed by atoms with Crippen LogP contribution in [0.3, 0.4) is 0 Å². The van der Waals surface area contributed by atoms with Gasteiger partial charge in [-0.1, -0.05) is 55.3 Å². The summed E-state index contributed by atoms with van der Waals surface area (Å²) in [6.07, 6.45) is 11.9. The van der Waals surface area contributed by atoms with E-state index in [2.05, 4.69) is 24.3 Å². The highest BCUT2D eigenvalue weighted by molar-refractivity contribution is 5.63. The highest BCUT2D eigenvalue weighted by Gasteiger charge is 2.22. The Labute approximate surface area is 156 Å². The fraction of sp³-hybridized carbons (Fsp3) is 0.417. The highest BCUT2D eigenvalue weighted by atomic mass is 19.1. The van der Waals surface area contributed by atoms with Crippen LogP contribution < -0.4 is 0 Å². The Kier molecular flexibility index (Phi) is 6.99. The molecule has 138 valence electrons. The Hall–Kier alpha value is -1.96. The maximum Gasteiger partial charge on any atom is 0.123 e. The Morgan fingerprint density at radius 1 is 0.808 bits per heavy atom. The van der Waals surface area contributed by atoms with Gasteiger partial charge in [0.15, 0.2) is 0 Å². The van der Waals surface area contributed by atoms with Gasteiger partial charge >= 0.3 is 0 Å². The van der Waals surface area contributed by atoms with E-state index in [9.17, 15) is 8.78 Å². The highest BCUT2D eigenvalue weighted by Crippen LogP contribution is 2.38. The lowest BCUT2D eigenvalue weighted by molar-refractivity contribution is 0.303. The molecule has 2 heteroatoms. The molecule has 26 heavy (non-hydrogen) atoms. The van der Waals surface area contributed by atoms with Crippen molar-refractivity contribution in [1.29, 1.82) is 0 Å². The summed E-state index contributed by atoms with van der Waals surface area (Å²) in [7, 11) is 0. The maximum absolute atomic E-state index is 13.1. The predicted octanol–water partition coefficient (Wildman–Crippen LogP) is 7.81. The van der Waals surface area contributed by atoms with Crippen LogP contribution in [0.2, 0.25) is 0 Å². The van der Waals surface area contributed by atoms with E-state index in [-0.39, 0.29) is 5.82 Å². The van der Waals surface area contributed by atoms with Crippen LogP contribution in [0, 0.1) is 11.7 Å². The van der Waals surface area contributed by atoms with Crippen molar-refractivity contribution in [1.82, 2.24) is 0 Å². The first-order valence-corrected chi connectivity index (χ1v) is 9.87. The van der Waals surface area contributed by atoms with Gasteiger partial charge < -0.3 is 0 Å². The van der Waals surface area contributed by atoms with E-state index >= 15 is 0 Å². The van der Waals surface area contributed by atoms with Gasteiger partial charge in [-0.05, 0) is 79.2 Å². The first-order valence-electron chi connectivity index (χ1n) is 9.87. The molecule has 0 unspecified atom stereocenters. The SMILES string of the molecule is FC=CCCCC[C@H]1CC[C@H](c2ccc(-c3ccc(F)cc3)cc2)CC1. The second kappa shape index (κ2) is 9.66. The van der Waals surface area contributed by atoms with Gasteiger partial charge in [0.05, 0.1) is 6.33 Å². The number of halogens is 2. The third-order valence-electron chi connectivity index (χ3n) is 5.73. The van der Waals surface area contributed by atoms with E-state index in [4.69, 9.17) is 0 Å². The molecule has 0 amide bonds. The lowest BCUT2D eigenvalue weighted by Crippen LogP contribution is -2.13. The number of unbranched alkanes of at least 4 members (excludes halogenated alkanes) is 2. The zero-order valence-electron chi connectivity index (χ0n) is 15.3. The molecule has 3 rings (SSSR count). The molecule has 0 spiro atoms. The summed E-state index contributed by atoms with van der Waals surface area (Å²) in [5, 5.41) is 0. The Balaban J connectivity index is 1.48.